The van der Waals surface area contributed by atoms with Gasteiger partial charge in [0.2, 0.25) is 11.8 Å². The van der Waals surface area contributed by atoms with Crippen LogP contribution < -0.4 is 5.32 Å². The van der Waals surface area contributed by atoms with Gasteiger partial charge in [-0.05, 0) is 37.1 Å². The first-order valence-electron chi connectivity index (χ1n) is 9.28. The topological polar surface area (TPSA) is 49.4 Å². The van der Waals surface area contributed by atoms with E-state index in [2.05, 4.69) is 18.3 Å². The van der Waals surface area contributed by atoms with E-state index in [4.69, 9.17) is 0 Å². The maximum absolute atomic E-state index is 12.4. The predicted octanol–water partition coefficient (Wildman–Crippen LogP) is 3.62. The molecule has 1 unspecified atom stereocenters. The van der Waals surface area contributed by atoms with Crippen molar-refractivity contribution in [2.24, 2.45) is 5.92 Å². The van der Waals surface area contributed by atoms with Crippen molar-refractivity contribution in [3.63, 3.8) is 0 Å². The van der Waals surface area contributed by atoms with E-state index in [9.17, 15) is 9.59 Å². The summed E-state index contributed by atoms with van der Waals surface area (Å²) in [7, 11) is 0. The number of carbonyl (C=O) groups excluding carboxylic acids is 2. The number of likely N-dealkylation sites (tertiary alicyclic amines) is 1. The number of piperidine rings is 1. The van der Waals surface area contributed by atoms with Gasteiger partial charge in [0, 0.05) is 30.9 Å². The molecule has 1 aliphatic heterocycles. The molecule has 2 heterocycles. The Hall–Kier alpha value is -1.36. The lowest BCUT2D eigenvalue weighted by Gasteiger charge is -2.32. The molecule has 4 nitrogen and oxygen atoms in total. The number of hydrogen-bond donors (Lipinski definition) is 1. The maximum atomic E-state index is 12.4. The van der Waals surface area contributed by atoms with E-state index in [-0.39, 0.29) is 17.7 Å². The molecule has 0 aromatic carbocycles. The molecule has 0 bridgehead atoms. The van der Waals surface area contributed by atoms with Gasteiger partial charge in [-0.1, -0.05) is 32.3 Å². The number of nitrogens with one attached hydrogen (secondary N) is 1. The summed E-state index contributed by atoms with van der Waals surface area (Å²) in [5.74, 6) is 0.279. The van der Waals surface area contributed by atoms with Crippen molar-refractivity contribution in [3.05, 3.63) is 22.4 Å². The number of thiophene rings is 1. The molecule has 24 heavy (non-hydrogen) atoms. The average molecular weight is 351 g/mol. The van der Waals surface area contributed by atoms with E-state index >= 15 is 0 Å². The Bertz CT molecular complexity index is 501. The normalized spacial score (nSPS) is 17.7. The third-order valence-electron chi connectivity index (χ3n) is 4.64. The lowest BCUT2D eigenvalue weighted by molar-refractivity contribution is -0.135. The number of unbranched alkanes of at least 4 members (excludes halogenated alkanes) is 3. The number of rotatable bonds is 9. The minimum absolute atomic E-state index is 0.0318. The summed E-state index contributed by atoms with van der Waals surface area (Å²) in [6.07, 6.45) is 7.84. The Morgan fingerprint density at radius 3 is 2.96 bits per heavy atom. The Kier molecular flexibility index (Phi) is 8.29. The molecule has 0 radical (unpaired) electrons. The van der Waals surface area contributed by atoms with Crippen molar-refractivity contribution >= 4 is 23.2 Å². The molecule has 2 amide bonds. The van der Waals surface area contributed by atoms with Crippen molar-refractivity contribution < 1.29 is 9.59 Å². The SMILES string of the molecule is CCCCCCNC(=O)C1CCCN(C(=O)CCc2cccs2)C1. The fraction of sp³-hybridized carbons (Fsp3) is 0.684. The van der Waals surface area contributed by atoms with Crippen LogP contribution in [0.25, 0.3) is 0 Å². The Morgan fingerprint density at radius 1 is 1.33 bits per heavy atom. The minimum Gasteiger partial charge on any atom is -0.356 e. The first-order chi connectivity index (χ1) is 11.7. The van der Waals surface area contributed by atoms with Crippen LogP contribution in [0.3, 0.4) is 0 Å². The Labute approximate surface area is 149 Å². The summed E-state index contributed by atoms with van der Waals surface area (Å²) >= 11 is 1.70. The molecule has 1 atom stereocenters. The highest BCUT2D eigenvalue weighted by Gasteiger charge is 2.27. The molecular weight excluding hydrogens is 320 g/mol. The molecule has 1 aliphatic rings. The molecule has 1 N–H and O–H groups in total. The summed E-state index contributed by atoms with van der Waals surface area (Å²) in [6.45, 7) is 4.33. The molecule has 5 heteroatoms. The highest BCUT2D eigenvalue weighted by molar-refractivity contribution is 7.09. The van der Waals surface area contributed by atoms with Crippen LogP contribution >= 0.6 is 11.3 Å². The summed E-state index contributed by atoms with van der Waals surface area (Å²) in [5.41, 5.74) is 0. The minimum atomic E-state index is -0.0318. The maximum Gasteiger partial charge on any atom is 0.224 e. The second-order valence-corrected chi connectivity index (χ2v) is 7.64. The van der Waals surface area contributed by atoms with Crippen LogP contribution in [0.4, 0.5) is 0 Å². The van der Waals surface area contributed by atoms with Crippen molar-refractivity contribution in [2.45, 2.75) is 58.3 Å². The van der Waals surface area contributed by atoms with Gasteiger partial charge >= 0.3 is 0 Å². The monoisotopic (exact) mass is 350 g/mol. The fourth-order valence-electron chi connectivity index (χ4n) is 3.17. The van der Waals surface area contributed by atoms with Crippen molar-refractivity contribution in [1.29, 1.82) is 0 Å². The standard InChI is InChI=1S/C19H30N2O2S/c1-2-3-4-5-12-20-19(23)16-8-6-13-21(15-16)18(22)11-10-17-9-7-14-24-17/h7,9,14,16H,2-6,8,10-13,15H2,1H3,(H,20,23). The lowest BCUT2D eigenvalue weighted by Crippen LogP contribution is -2.45. The van der Waals surface area contributed by atoms with Crippen LogP contribution in [0.15, 0.2) is 17.5 Å². The van der Waals surface area contributed by atoms with Crippen LogP contribution in [0.1, 0.15) is 56.7 Å². The molecule has 134 valence electrons. The molecule has 0 aliphatic carbocycles. The van der Waals surface area contributed by atoms with E-state index in [1.807, 2.05) is 16.3 Å². The zero-order valence-corrected chi connectivity index (χ0v) is 15.6. The number of amides is 2. The highest BCUT2D eigenvalue weighted by Crippen LogP contribution is 2.19. The van der Waals surface area contributed by atoms with Crippen molar-refractivity contribution in [3.8, 4) is 0 Å². The third kappa shape index (κ3) is 6.27. The number of hydrogen-bond acceptors (Lipinski definition) is 3. The number of nitrogens with zero attached hydrogens (tertiary/aromatic N) is 1. The molecule has 0 spiro atoms. The molecule has 1 aromatic heterocycles. The smallest absolute Gasteiger partial charge is 0.224 e. The highest BCUT2D eigenvalue weighted by atomic mass is 32.1. The zero-order valence-electron chi connectivity index (χ0n) is 14.8. The molecule has 1 aromatic rings. The predicted molar refractivity (Wildman–Crippen MR) is 99.1 cm³/mol. The second kappa shape index (κ2) is 10.5. The van der Waals surface area contributed by atoms with Crippen LogP contribution in [0, 0.1) is 5.92 Å². The molecule has 2 rings (SSSR count). The van der Waals surface area contributed by atoms with E-state index in [1.165, 1.54) is 24.1 Å². The van der Waals surface area contributed by atoms with Crippen LogP contribution in [0.5, 0.6) is 0 Å². The first-order valence-corrected chi connectivity index (χ1v) is 10.2. The van der Waals surface area contributed by atoms with Crippen molar-refractivity contribution in [1.82, 2.24) is 10.2 Å². The van der Waals surface area contributed by atoms with E-state index in [0.29, 0.717) is 13.0 Å². The van der Waals surface area contributed by atoms with Gasteiger partial charge in [-0.25, -0.2) is 0 Å². The van der Waals surface area contributed by atoms with Gasteiger partial charge in [-0.15, -0.1) is 11.3 Å². The van der Waals surface area contributed by atoms with Gasteiger partial charge in [-0.2, -0.15) is 0 Å². The molecule has 1 saturated heterocycles. The molecule has 1 fully saturated rings. The Morgan fingerprint density at radius 2 is 2.21 bits per heavy atom. The largest absolute Gasteiger partial charge is 0.356 e. The van der Waals surface area contributed by atoms with Crippen LogP contribution in [-0.4, -0.2) is 36.3 Å². The van der Waals surface area contributed by atoms with Gasteiger partial charge in [0.25, 0.3) is 0 Å². The van der Waals surface area contributed by atoms with E-state index < -0.39 is 0 Å². The number of carbonyl (C=O) groups is 2. The van der Waals surface area contributed by atoms with E-state index in [1.54, 1.807) is 11.3 Å². The number of aryl methyl sites for hydroxylation is 1. The van der Waals surface area contributed by atoms with Gasteiger partial charge in [0.05, 0.1) is 5.92 Å². The lowest BCUT2D eigenvalue weighted by atomic mass is 9.96. The third-order valence-corrected chi connectivity index (χ3v) is 5.58. The second-order valence-electron chi connectivity index (χ2n) is 6.61. The summed E-state index contributed by atoms with van der Waals surface area (Å²) < 4.78 is 0. The first kappa shape index (κ1) is 19.0. The summed E-state index contributed by atoms with van der Waals surface area (Å²) in [6, 6.07) is 4.09. The zero-order chi connectivity index (χ0) is 17.2. The average Bonchev–Trinajstić information content (AvgIpc) is 3.13. The molecule has 0 saturated carbocycles. The fourth-order valence-corrected chi connectivity index (χ4v) is 3.88. The van der Waals surface area contributed by atoms with Gasteiger partial charge in [0.1, 0.15) is 0 Å². The van der Waals surface area contributed by atoms with Crippen LogP contribution in [0.2, 0.25) is 0 Å². The van der Waals surface area contributed by atoms with E-state index in [0.717, 1.165) is 38.8 Å². The molecular formula is C19H30N2O2S. The van der Waals surface area contributed by atoms with Gasteiger partial charge in [0.15, 0.2) is 0 Å². The Balaban J connectivity index is 1.70. The van der Waals surface area contributed by atoms with Crippen LogP contribution in [-0.2, 0) is 16.0 Å². The summed E-state index contributed by atoms with van der Waals surface area (Å²) in [5, 5.41) is 5.09. The van der Waals surface area contributed by atoms with Crippen molar-refractivity contribution in [2.75, 3.05) is 19.6 Å². The van der Waals surface area contributed by atoms with Gasteiger partial charge < -0.3 is 10.2 Å². The summed E-state index contributed by atoms with van der Waals surface area (Å²) in [4.78, 5) is 27.8. The van der Waals surface area contributed by atoms with Gasteiger partial charge in [-0.3, -0.25) is 9.59 Å². The quantitative estimate of drug-likeness (QED) is 0.692.